The van der Waals surface area contributed by atoms with Crippen molar-refractivity contribution in [3.05, 3.63) is 35.4 Å². The second-order valence-electron chi connectivity index (χ2n) is 12.3. The number of nitrogens with zero attached hydrogens (tertiary/aromatic N) is 1. The van der Waals surface area contributed by atoms with Gasteiger partial charge in [-0.3, -0.25) is 9.69 Å². The molecule has 3 aliphatic heterocycles. The van der Waals surface area contributed by atoms with Crippen LogP contribution in [0, 0.1) is 29.1 Å². The molecule has 0 radical (unpaired) electrons. The van der Waals surface area contributed by atoms with Crippen molar-refractivity contribution in [1.82, 2.24) is 10.2 Å². The van der Waals surface area contributed by atoms with Gasteiger partial charge in [-0.25, -0.2) is 0 Å². The number of benzene rings is 1. The summed E-state index contributed by atoms with van der Waals surface area (Å²) in [6.45, 7) is 3.14. The maximum atomic E-state index is 11.6. The maximum absolute atomic E-state index is 11.6. The second-order valence-corrected chi connectivity index (χ2v) is 12.3. The average molecular weight is 435 g/mol. The Morgan fingerprint density at radius 1 is 1.12 bits per heavy atom. The van der Waals surface area contributed by atoms with E-state index < -0.39 is 5.72 Å². The van der Waals surface area contributed by atoms with E-state index in [0.717, 1.165) is 42.6 Å². The minimum atomic E-state index is -0.592. The summed E-state index contributed by atoms with van der Waals surface area (Å²) in [4.78, 5) is 13.4. The number of aliphatic hydroxyl groups is 1. The standard InChI is InChI=1S/C28H38N2O2/c1-17(19-6-4-18(15-31)5-7-19)25-14-23(28(32)16-30(25)28)24-13-20-8-9-21-3-2-11-27(21)12-10-22(20)26(27)29-24/h4-7,15,17,20-26,29,32H,2-3,8-14,16H2,1H3/t17-,20-,21+,22+,23+,24+,25+,26-,27+,28-,30?/m1/s1. The van der Waals surface area contributed by atoms with Gasteiger partial charge >= 0.3 is 0 Å². The first-order valence-corrected chi connectivity index (χ1v) is 13.3. The first-order valence-electron chi connectivity index (χ1n) is 13.3. The van der Waals surface area contributed by atoms with E-state index in [-0.39, 0.29) is 0 Å². The Morgan fingerprint density at radius 3 is 2.78 bits per heavy atom. The molecule has 6 aliphatic rings. The molecule has 3 saturated heterocycles. The fraction of sp³-hybridized carbons (Fsp3) is 0.750. The molecule has 172 valence electrons. The van der Waals surface area contributed by atoms with Crippen LogP contribution in [0.25, 0.3) is 0 Å². The van der Waals surface area contributed by atoms with Gasteiger partial charge < -0.3 is 10.4 Å². The molecule has 3 saturated carbocycles. The van der Waals surface area contributed by atoms with Crippen LogP contribution in [0.4, 0.5) is 0 Å². The molecule has 3 heterocycles. The average Bonchev–Trinajstić information content (AvgIpc) is 3.11. The zero-order chi connectivity index (χ0) is 21.7. The molecule has 2 N–H and O–H groups in total. The van der Waals surface area contributed by atoms with E-state index in [4.69, 9.17) is 0 Å². The molecule has 0 amide bonds. The van der Waals surface area contributed by atoms with Crippen molar-refractivity contribution in [2.45, 2.75) is 94.5 Å². The zero-order valence-electron chi connectivity index (χ0n) is 19.4. The molecule has 1 spiro atoms. The highest BCUT2D eigenvalue weighted by molar-refractivity contribution is 5.74. The van der Waals surface area contributed by atoms with E-state index in [1.165, 1.54) is 56.9 Å². The van der Waals surface area contributed by atoms with Crippen molar-refractivity contribution >= 4 is 6.29 Å². The molecule has 1 aromatic carbocycles. The van der Waals surface area contributed by atoms with Crippen LogP contribution in [0.2, 0.25) is 0 Å². The topological polar surface area (TPSA) is 52.3 Å². The fourth-order valence-electron chi connectivity index (χ4n) is 9.74. The van der Waals surface area contributed by atoms with Gasteiger partial charge in [0.15, 0.2) is 0 Å². The summed E-state index contributed by atoms with van der Waals surface area (Å²) < 4.78 is 0. The molecule has 0 aromatic heterocycles. The minimum absolute atomic E-state index is 0.350. The number of rotatable bonds is 4. The molecule has 32 heavy (non-hydrogen) atoms. The smallest absolute Gasteiger partial charge is 0.150 e. The van der Waals surface area contributed by atoms with Crippen LogP contribution in [0.3, 0.4) is 0 Å². The van der Waals surface area contributed by atoms with Crippen LogP contribution in [0.1, 0.15) is 86.6 Å². The molecular formula is C28H38N2O2. The second kappa shape index (κ2) is 6.90. The summed E-state index contributed by atoms with van der Waals surface area (Å²) in [6, 6.07) is 9.65. The van der Waals surface area contributed by atoms with Crippen LogP contribution in [-0.2, 0) is 0 Å². The Kier molecular flexibility index (Phi) is 4.35. The summed E-state index contributed by atoms with van der Waals surface area (Å²) in [5, 5.41) is 15.9. The molecule has 1 aromatic rings. The predicted octanol–water partition coefficient (Wildman–Crippen LogP) is 4.33. The third-order valence-corrected chi connectivity index (χ3v) is 11.4. The monoisotopic (exact) mass is 434 g/mol. The highest BCUT2D eigenvalue weighted by Crippen LogP contribution is 2.64. The molecule has 4 nitrogen and oxygen atoms in total. The number of fused-ring (bicyclic) bond motifs is 1. The lowest BCUT2D eigenvalue weighted by Crippen LogP contribution is -2.58. The Hall–Kier alpha value is -1.23. The van der Waals surface area contributed by atoms with Crippen LogP contribution < -0.4 is 5.32 Å². The molecule has 4 bridgehead atoms. The van der Waals surface area contributed by atoms with E-state index >= 15 is 0 Å². The van der Waals surface area contributed by atoms with Crippen molar-refractivity contribution in [1.29, 1.82) is 0 Å². The Bertz CT molecular complexity index is 917. The van der Waals surface area contributed by atoms with Crippen LogP contribution >= 0.6 is 0 Å². The normalized spacial score (nSPS) is 51.6. The Morgan fingerprint density at radius 2 is 1.97 bits per heavy atom. The molecule has 1 unspecified atom stereocenters. The lowest BCUT2D eigenvalue weighted by atomic mass is 9.69. The molecule has 4 heteroatoms. The van der Waals surface area contributed by atoms with Gasteiger partial charge in [-0.1, -0.05) is 37.6 Å². The van der Waals surface area contributed by atoms with Crippen molar-refractivity contribution in [3.63, 3.8) is 0 Å². The summed E-state index contributed by atoms with van der Waals surface area (Å²) in [5.41, 5.74) is 2.01. The van der Waals surface area contributed by atoms with Gasteiger partial charge in [-0.2, -0.15) is 0 Å². The molecule has 7 rings (SSSR count). The SMILES string of the molecule is C[C@H](c1ccc(C=O)cc1)[C@@H]1C[C@@H]([C@@H]2C[C@H]3CC[C@@H]4CCC[C@]45CC[C@@H]3[C@H]5N2)[C@]2(O)CN12. The van der Waals surface area contributed by atoms with E-state index in [1.54, 1.807) is 0 Å². The predicted molar refractivity (Wildman–Crippen MR) is 124 cm³/mol. The first-order chi connectivity index (χ1) is 15.5. The first kappa shape index (κ1) is 20.2. The van der Waals surface area contributed by atoms with E-state index in [0.29, 0.717) is 35.4 Å². The summed E-state index contributed by atoms with van der Waals surface area (Å²) in [7, 11) is 0. The van der Waals surface area contributed by atoms with Crippen LogP contribution in [-0.4, -0.2) is 46.7 Å². The van der Waals surface area contributed by atoms with E-state index in [1.807, 2.05) is 12.1 Å². The summed E-state index contributed by atoms with van der Waals surface area (Å²) in [5.74, 6) is 3.45. The van der Waals surface area contributed by atoms with E-state index in [2.05, 4.69) is 29.3 Å². The van der Waals surface area contributed by atoms with Crippen LogP contribution in [0.5, 0.6) is 0 Å². The summed E-state index contributed by atoms with van der Waals surface area (Å²) >= 11 is 0. The van der Waals surface area contributed by atoms with Crippen molar-refractivity contribution in [2.24, 2.45) is 29.1 Å². The van der Waals surface area contributed by atoms with Gasteiger partial charge in [0.2, 0.25) is 0 Å². The fourth-order valence-corrected chi connectivity index (χ4v) is 9.74. The highest BCUT2D eigenvalue weighted by atomic mass is 16.3. The van der Waals surface area contributed by atoms with Crippen LogP contribution in [0.15, 0.2) is 24.3 Å². The number of carbonyl (C=O) groups excluding carboxylic acids is 1. The summed E-state index contributed by atoms with van der Waals surface area (Å²) in [6.07, 6.45) is 13.4. The number of aldehydes is 1. The number of piperidine rings is 2. The number of carbonyl (C=O) groups is 1. The van der Waals surface area contributed by atoms with Crippen molar-refractivity contribution < 1.29 is 9.90 Å². The van der Waals surface area contributed by atoms with Gasteiger partial charge in [0.25, 0.3) is 0 Å². The number of hydrogen-bond donors (Lipinski definition) is 2. The van der Waals surface area contributed by atoms with E-state index in [9.17, 15) is 9.90 Å². The third-order valence-electron chi connectivity index (χ3n) is 11.4. The molecule has 3 aliphatic carbocycles. The Labute approximate surface area is 192 Å². The number of hydrogen-bond acceptors (Lipinski definition) is 4. The van der Waals surface area contributed by atoms with Gasteiger partial charge in [0.05, 0.1) is 0 Å². The minimum Gasteiger partial charge on any atom is -0.374 e. The van der Waals surface area contributed by atoms with Gasteiger partial charge in [0, 0.05) is 36.2 Å². The maximum Gasteiger partial charge on any atom is 0.150 e. The van der Waals surface area contributed by atoms with Crippen molar-refractivity contribution in [2.75, 3.05) is 6.54 Å². The molecule has 11 atom stereocenters. The Balaban J connectivity index is 1.14. The van der Waals surface area contributed by atoms with Crippen molar-refractivity contribution in [3.8, 4) is 0 Å². The van der Waals surface area contributed by atoms with Gasteiger partial charge in [-0.15, -0.1) is 0 Å². The zero-order valence-corrected chi connectivity index (χ0v) is 19.4. The lowest BCUT2D eigenvalue weighted by Gasteiger charge is -2.47. The molecular weight excluding hydrogens is 396 g/mol. The lowest BCUT2D eigenvalue weighted by molar-refractivity contribution is 0.0126. The largest absolute Gasteiger partial charge is 0.374 e. The van der Waals surface area contributed by atoms with Gasteiger partial charge in [-0.05, 0) is 86.0 Å². The highest BCUT2D eigenvalue weighted by Gasteiger charge is 2.69. The number of nitrogens with one attached hydrogen (secondary N) is 1. The third kappa shape index (κ3) is 2.63. The van der Waals surface area contributed by atoms with Gasteiger partial charge in [0.1, 0.15) is 12.0 Å². The molecule has 6 fully saturated rings. The quantitative estimate of drug-likeness (QED) is 0.547.